The van der Waals surface area contributed by atoms with Gasteiger partial charge in [-0.2, -0.15) is 0 Å². The maximum Gasteiger partial charge on any atom is 0.223 e. The van der Waals surface area contributed by atoms with Crippen LogP contribution in [0, 0.1) is 27.7 Å². The van der Waals surface area contributed by atoms with Crippen molar-refractivity contribution < 1.29 is 9.59 Å². The fourth-order valence-electron chi connectivity index (χ4n) is 2.52. The first kappa shape index (κ1) is 28.1. The molecule has 7 heteroatoms. The van der Waals surface area contributed by atoms with Crippen LogP contribution < -0.4 is 10.2 Å². The van der Waals surface area contributed by atoms with Crippen molar-refractivity contribution in [2.24, 2.45) is 0 Å². The Kier molecular flexibility index (Phi) is 13.0. The second kappa shape index (κ2) is 13.4. The number of amides is 2. The molecule has 4 nitrogen and oxygen atoms in total. The summed E-state index contributed by atoms with van der Waals surface area (Å²) in [6.07, 6.45) is 0. The molecule has 0 aliphatic rings. The Balaban J connectivity index is 0.000000499. The highest BCUT2D eigenvalue weighted by atomic mass is 127. The zero-order valence-electron chi connectivity index (χ0n) is 18.2. The number of carbonyl (C=O) groups is 2. The van der Waals surface area contributed by atoms with E-state index < -0.39 is 0 Å². The van der Waals surface area contributed by atoms with Gasteiger partial charge in [0.2, 0.25) is 11.8 Å². The van der Waals surface area contributed by atoms with Gasteiger partial charge in [0.15, 0.2) is 0 Å². The SMILES string of the molecule is CC(=O)N(C)c1cc(C)c(Br)c(C)c1.CC(=O)Nc1cc(C)c(Br)c(C)c1.CI. The summed E-state index contributed by atoms with van der Waals surface area (Å²) in [4.78, 5) is 25.6. The van der Waals surface area contributed by atoms with Crippen LogP contribution in [0.5, 0.6) is 0 Å². The molecular weight excluding hydrogens is 611 g/mol. The normalized spacial score (nSPS) is 9.48. The smallest absolute Gasteiger partial charge is 0.223 e. The van der Waals surface area contributed by atoms with Crippen LogP contribution >= 0.6 is 54.5 Å². The molecule has 0 aliphatic carbocycles. The number of benzene rings is 2. The van der Waals surface area contributed by atoms with Crippen molar-refractivity contribution in [1.82, 2.24) is 0 Å². The molecule has 0 heterocycles. The Morgan fingerprint density at radius 3 is 1.48 bits per heavy atom. The third-order valence-corrected chi connectivity index (χ3v) is 6.54. The second-order valence-electron chi connectivity index (χ2n) is 6.58. The summed E-state index contributed by atoms with van der Waals surface area (Å²) >= 11 is 9.11. The fourth-order valence-corrected chi connectivity index (χ4v) is 2.98. The number of alkyl halides is 1. The maximum absolute atomic E-state index is 11.2. The molecule has 0 spiro atoms. The zero-order chi connectivity index (χ0) is 22.9. The van der Waals surface area contributed by atoms with E-state index in [0.717, 1.165) is 42.6 Å². The third kappa shape index (κ3) is 9.17. The van der Waals surface area contributed by atoms with E-state index in [0.29, 0.717) is 0 Å². The van der Waals surface area contributed by atoms with Gasteiger partial charge in [0, 0.05) is 41.2 Å². The van der Waals surface area contributed by atoms with Gasteiger partial charge in [-0.3, -0.25) is 9.59 Å². The average Bonchev–Trinajstić information content (AvgIpc) is 2.64. The molecule has 160 valence electrons. The Morgan fingerprint density at radius 2 is 1.17 bits per heavy atom. The van der Waals surface area contributed by atoms with Crippen molar-refractivity contribution in [1.29, 1.82) is 0 Å². The van der Waals surface area contributed by atoms with E-state index in [-0.39, 0.29) is 11.8 Å². The molecule has 0 atom stereocenters. The third-order valence-electron chi connectivity index (χ3n) is 4.04. The van der Waals surface area contributed by atoms with Crippen LogP contribution in [0.25, 0.3) is 0 Å². The van der Waals surface area contributed by atoms with Gasteiger partial charge in [0.05, 0.1) is 0 Å². The molecule has 0 aromatic heterocycles. The zero-order valence-corrected chi connectivity index (χ0v) is 23.5. The molecule has 2 aromatic rings. The van der Waals surface area contributed by atoms with Crippen LogP contribution in [0.15, 0.2) is 33.2 Å². The van der Waals surface area contributed by atoms with E-state index in [1.807, 2.05) is 56.9 Å². The van der Waals surface area contributed by atoms with Gasteiger partial charge in [-0.15, -0.1) is 0 Å². The lowest BCUT2D eigenvalue weighted by Crippen LogP contribution is -2.22. The number of hydrogen-bond donors (Lipinski definition) is 1. The van der Waals surface area contributed by atoms with Gasteiger partial charge in [-0.25, -0.2) is 0 Å². The number of halogens is 3. The van der Waals surface area contributed by atoms with E-state index in [9.17, 15) is 9.59 Å². The first-order valence-corrected chi connectivity index (χ1v) is 12.6. The number of nitrogens with one attached hydrogen (secondary N) is 1. The summed E-state index contributed by atoms with van der Waals surface area (Å²) in [5.74, 6) is 0.00671. The van der Waals surface area contributed by atoms with Crippen LogP contribution in [0.4, 0.5) is 11.4 Å². The van der Waals surface area contributed by atoms with Crippen LogP contribution in [0.3, 0.4) is 0 Å². The summed E-state index contributed by atoms with van der Waals surface area (Å²) in [7, 11) is 1.78. The lowest BCUT2D eigenvalue weighted by atomic mass is 10.1. The molecule has 2 amide bonds. The van der Waals surface area contributed by atoms with Gasteiger partial charge in [-0.1, -0.05) is 54.5 Å². The molecule has 2 aromatic carbocycles. The number of hydrogen-bond acceptors (Lipinski definition) is 2. The van der Waals surface area contributed by atoms with Crippen molar-refractivity contribution in [3.8, 4) is 0 Å². The molecule has 0 fully saturated rings. The highest BCUT2D eigenvalue weighted by Crippen LogP contribution is 2.27. The molecule has 2 rings (SSSR count). The van der Waals surface area contributed by atoms with Crippen molar-refractivity contribution >= 4 is 77.6 Å². The first-order chi connectivity index (χ1) is 13.4. The number of carbonyl (C=O) groups excluding carboxylic acids is 2. The number of rotatable bonds is 2. The molecule has 1 N–H and O–H groups in total. The summed E-state index contributed by atoms with van der Waals surface area (Å²) in [5.41, 5.74) is 6.34. The van der Waals surface area contributed by atoms with Gasteiger partial charge in [0.25, 0.3) is 0 Å². The minimum absolute atomic E-state index is 0.0406. The minimum Gasteiger partial charge on any atom is -0.326 e. The first-order valence-electron chi connectivity index (χ1n) is 8.87. The van der Waals surface area contributed by atoms with Gasteiger partial charge in [-0.05, 0) is 79.1 Å². The number of nitrogens with zero attached hydrogens (tertiary/aromatic N) is 1. The van der Waals surface area contributed by atoms with Crippen LogP contribution in [-0.4, -0.2) is 23.8 Å². The van der Waals surface area contributed by atoms with Crippen LogP contribution in [-0.2, 0) is 9.59 Å². The van der Waals surface area contributed by atoms with Crippen molar-refractivity contribution in [3.05, 3.63) is 55.5 Å². The van der Waals surface area contributed by atoms with E-state index in [2.05, 4.69) is 59.8 Å². The highest BCUT2D eigenvalue weighted by Gasteiger charge is 2.08. The predicted molar refractivity (Wildman–Crippen MR) is 141 cm³/mol. The highest BCUT2D eigenvalue weighted by molar-refractivity contribution is 14.1. The second-order valence-corrected chi connectivity index (χ2v) is 8.16. The fraction of sp³-hybridized carbons (Fsp3) is 0.364. The van der Waals surface area contributed by atoms with E-state index in [1.165, 1.54) is 6.92 Å². The lowest BCUT2D eigenvalue weighted by Gasteiger charge is -2.17. The van der Waals surface area contributed by atoms with Crippen molar-refractivity contribution in [2.75, 3.05) is 22.2 Å². The molecule has 0 saturated heterocycles. The van der Waals surface area contributed by atoms with E-state index in [1.54, 1.807) is 18.9 Å². The van der Waals surface area contributed by atoms with E-state index >= 15 is 0 Å². The lowest BCUT2D eigenvalue weighted by molar-refractivity contribution is -0.116. The molecule has 0 saturated carbocycles. The molecule has 0 bridgehead atoms. The summed E-state index contributed by atoms with van der Waals surface area (Å²) < 4.78 is 2.21. The summed E-state index contributed by atoms with van der Waals surface area (Å²) in [6.45, 7) is 11.1. The molecule has 0 aliphatic heterocycles. The molecule has 0 radical (unpaired) electrons. The summed E-state index contributed by atoms with van der Waals surface area (Å²) in [5, 5.41) is 2.75. The number of aryl methyl sites for hydroxylation is 4. The Morgan fingerprint density at radius 1 is 0.828 bits per heavy atom. The van der Waals surface area contributed by atoms with Crippen molar-refractivity contribution in [3.63, 3.8) is 0 Å². The largest absolute Gasteiger partial charge is 0.326 e. The average molecular weight is 640 g/mol. The van der Waals surface area contributed by atoms with Crippen LogP contribution in [0.2, 0.25) is 0 Å². The van der Waals surface area contributed by atoms with Crippen LogP contribution in [0.1, 0.15) is 36.1 Å². The molecule has 29 heavy (non-hydrogen) atoms. The maximum atomic E-state index is 11.2. The molecular formula is C22H29Br2IN2O2. The Hall–Kier alpha value is -0.930. The van der Waals surface area contributed by atoms with Gasteiger partial charge in [0.1, 0.15) is 0 Å². The van der Waals surface area contributed by atoms with E-state index in [4.69, 9.17) is 0 Å². The monoisotopic (exact) mass is 638 g/mol. The quantitative estimate of drug-likeness (QED) is 0.281. The Labute approximate surface area is 205 Å². The summed E-state index contributed by atoms with van der Waals surface area (Å²) in [6, 6.07) is 7.88. The minimum atomic E-state index is -0.0406. The van der Waals surface area contributed by atoms with Crippen molar-refractivity contribution in [2.45, 2.75) is 41.5 Å². The Bertz CT molecular complexity index is 824. The number of anilines is 2. The topological polar surface area (TPSA) is 49.4 Å². The standard InChI is InChI=1S/C11H14BrNO.C10H12BrNO.CH3I/c1-7-5-10(13(4)9(3)14)6-8(2)11(7)12;1-6-4-9(12-8(3)13)5-7(2)10(6)11;1-2/h5-6H,1-4H3;4-5H,1-3H3,(H,12,13);1H3. The predicted octanol–water partition coefficient (Wildman–Crippen LogP) is 7.12. The van der Waals surface area contributed by atoms with Gasteiger partial charge >= 0.3 is 0 Å². The molecule has 0 unspecified atom stereocenters. The van der Waals surface area contributed by atoms with Gasteiger partial charge < -0.3 is 10.2 Å².